The van der Waals surface area contributed by atoms with Gasteiger partial charge in [0.1, 0.15) is 11.9 Å². The van der Waals surface area contributed by atoms with E-state index in [9.17, 15) is 10.2 Å². The van der Waals surface area contributed by atoms with Gasteiger partial charge in [0.25, 0.3) is 0 Å². The molecule has 2 unspecified atom stereocenters. The Bertz CT molecular complexity index is 643. The summed E-state index contributed by atoms with van der Waals surface area (Å²) in [5.74, 6) is 0.604. The summed E-state index contributed by atoms with van der Waals surface area (Å²) in [7, 11) is 1.65. The Balaban J connectivity index is 2.01. The van der Waals surface area contributed by atoms with Crippen molar-refractivity contribution >= 4 is 0 Å². The highest BCUT2D eigenvalue weighted by Crippen LogP contribution is 2.39. The zero-order valence-corrected chi connectivity index (χ0v) is 12.0. The molecule has 0 spiro atoms. The van der Waals surface area contributed by atoms with Gasteiger partial charge in [0.2, 0.25) is 0 Å². The van der Waals surface area contributed by atoms with Gasteiger partial charge in [0, 0.05) is 13.5 Å². The van der Waals surface area contributed by atoms with Gasteiger partial charge in [0.15, 0.2) is 17.6 Å². The van der Waals surface area contributed by atoms with Crippen molar-refractivity contribution in [1.29, 1.82) is 0 Å². The van der Waals surface area contributed by atoms with Gasteiger partial charge >= 0.3 is 0 Å². The van der Waals surface area contributed by atoms with Gasteiger partial charge in [-0.25, -0.2) is 0 Å². The highest BCUT2D eigenvalue weighted by molar-refractivity contribution is 5.48. The molecule has 2 aromatic carbocycles. The topological polar surface area (TPSA) is 58.9 Å². The monoisotopic (exact) mass is 286 g/mol. The number of aryl methyl sites for hydroxylation is 1. The number of ether oxygens (including phenoxy) is 2. The second-order valence-electron chi connectivity index (χ2n) is 5.33. The van der Waals surface area contributed by atoms with E-state index in [0.29, 0.717) is 5.56 Å². The number of phenols is 2. The van der Waals surface area contributed by atoms with E-state index in [2.05, 4.69) is 0 Å². The Kier molecular flexibility index (Phi) is 3.47. The first-order chi connectivity index (χ1) is 10.1. The highest BCUT2D eigenvalue weighted by atomic mass is 16.5. The highest BCUT2D eigenvalue weighted by Gasteiger charge is 2.32. The number of para-hydroxylation sites is 1. The number of rotatable bonds is 2. The van der Waals surface area contributed by atoms with Crippen LogP contribution in [0.25, 0.3) is 0 Å². The average molecular weight is 286 g/mol. The summed E-state index contributed by atoms with van der Waals surface area (Å²) < 4.78 is 11.6. The molecule has 4 heteroatoms. The first kappa shape index (κ1) is 13.8. The van der Waals surface area contributed by atoms with Crippen molar-refractivity contribution in [3.63, 3.8) is 0 Å². The van der Waals surface area contributed by atoms with Crippen LogP contribution in [0, 0.1) is 6.92 Å². The van der Waals surface area contributed by atoms with Gasteiger partial charge in [-0.05, 0) is 41.8 Å². The Morgan fingerprint density at radius 2 is 1.95 bits per heavy atom. The standard InChI is InChI=1S/C17H18O4/c1-10-7-12(8-13(18)16(10)19)17-15(20-2)9-11-5-3-4-6-14(11)21-17/h3-8,15,17-19H,9H2,1-2H3. The zero-order valence-electron chi connectivity index (χ0n) is 12.0. The fourth-order valence-electron chi connectivity index (χ4n) is 2.77. The molecule has 0 aromatic heterocycles. The summed E-state index contributed by atoms with van der Waals surface area (Å²) in [6, 6.07) is 11.2. The van der Waals surface area contributed by atoms with Crippen LogP contribution < -0.4 is 4.74 Å². The Labute approximate surface area is 123 Å². The average Bonchev–Trinajstić information content (AvgIpc) is 2.50. The first-order valence-corrected chi connectivity index (χ1v) is 6.90. The van der Waals surface area contributed by atoms with Gasteiger partial charge in [-0.15, -0.1) is 0 Å². The number of hydrogen-bond acceptors (Lipinski definition) is 4. The fraction of sp³-hybridized carbons (Fsp3) is 0.294. The molecule has 110 valence electrons. The molecule has 1 aliphatic heterocycles. The fourth-order valence-corrected chi connectivity index (χ4v) is 2.77. The molecule has 0 fully saturated rings. The predicted molar refractivity (Wildman–Crippen MR) is 78.8 cm³/mol. The van der Waals surface area contributed by atoms with Crippen LogP contribution in [0.1, 0.15) is 22.8 Å². The molecule has 0 amide bonds. The molecule has 0 aliphatic carbocycles. The molecule has 4 nitrogen and oxygen atoms in total. The summed E-state index contributed by atoms with van der Waals surface area (Å²) in [5, 5.41) is 19.5. The van der Waals surface area contributed by atoms with Crippen LogP contribution in [0.15, 0.2) is 36.4 Å². The molecule has 0 radical (unpaired) electrons. The van der Waals surface area contributed by atoms with Crippen LogP contribution in [-0.2, 0) is 11.2 Å². The number of fused-ring (bicyclic) bond motifs is 1. The Morgan fingerprint density at radius 1 is 1.19 bits per heavy atom. The lowest BCUT2D eigenvalue weighted by Gasteiger charge is -2.33. The molecule has 1 heterocycles. The second kappa shape index (κ2) is 5.30. The van der Waals surface area contributed by atoms with Crippen molar-refractivity contribution in [3.8, 4) is 17.2 Å². The van der Waals surface area contributed by atoms with Crippen molar-refractivity contribution in [1.82, 2.24) is 0 Å². The van der Waals surface area contributed by atoms with Crippen LogP contribution in [-0.4, -0.2) is 23.4 Å². The number of aromatic hydroxyl groups is 2. The van der Waals surface area contributed by atoms with Crippen molar-refractivity contribution in [3.05, 3.63) is 53.1 Å². The van der Waals surface area contributed by atoms with Crippen LogP contribution >= 0.6 is 0 Å². The van der Waals surface area contributed by atoms with E-state index >= 15 is 0 Å². The maximum atomic E-state index is 9.82. The lowest BCUT2D eigenvalue weighted by molar-refractivity contribution is -0.0114. The van der Waals surface area contributed by atoms with Crippen molar-refractivity contribution in [2.24, 2.45) is 0 Å². The number of benzene rings is 2. The molecular weight excluding hydrogens is 268 g/mol. The third-order valence-electron chi connectivity index (χ3n) is 3.92. The third-order valence-corrected chi connectivity index (χ3v) is 3.92. The van der Waals surface area contributed by atoms with E-state index < -0.39 is 0 Å². The van der Waals surface area contributed by atoms with Crippen molar-refractivity contribution in [2.45, 2.75) is 25.6 Å². The van der Waals surface area contributed by atoms with Gasteiger partial charge in [-0.1, -0.05) is 18.2 Å². The zero-order chi connectivity index (χ0) is 15.0. The van der Waals surface area contributed by atoms with E-state index in [4.69, 9.17) is 9.47 Å². The summed E-state index contributed by atoms with van der Waals surface area (Å²) in [4.78, 5) is 0. The van der Waals surface area contributed by atoms with Crippen LogP contribution in [0.3, 0.4) is 0 Å². The molecule has 1 aliphatic rings. The summed E-state index contributed by atoms with van der Waals surface area (Å²) in [6.07, 6.45) is 0.302. The van der Waals surface area contributed by atoms with Gasteiger partial charge in [0.05, 0.1) is 0 Å². The molecule has 2 N–H and O–H groups in total. The largest absolute Gasteiger partial charge is 0.504 e. The third kappa shape index (κ3) is 2.43. The molecule has 3 rings (SSSR count). The number of phenolic OH excluding ortho intramolecular Hbond substituents is 2. The van der Waals surface area contributed by atoms with Gasteiger partial charge in [-0.2, -0.15) is 0 Å². The minimum Gasteiger partial charge on any atom is -0.504 e. The van der Waals surface area contributed by atoms with Crippen LogP contribution in [0.4, 0.5) is 0 Å². The van der Waals surface area contributed by atoms with E-state index in [-0.39, 0.29) is 23.7 Å². The molecular formula is C17H18O4. The predicted octanol–water partition coefficient (Wildman–Crippen LogP) is 3.10. The minimum atomic E-state index is -0.310. The maximum Gasteiger partial charge on any atom is 0.160 e. The molecule has 0 bridgehead atoms. The Morgan fingerprint density at radius 3 is 2.67 bits per heavy atom. The Hall–Kier alpha value is -2.20. The van der Waals surface area contributed by atoms with Crippen molar-refractivity contribution < 1.29 is 19.7 Å². The minimum absolute atomic E-state index is 0.0936. The molecule has 0 saturated carbocycles. The quantitative estimate of drug-likeness (QED) is 0.833. The molecule has 0 saturated heterocycles. The van der Waals surface area contributed by atoms with Crippen LogP contribution in [0.2, 0.25) is 0 Å². The molecule has 21 heavy (non-hydrogen) atoms. The van der Waals surface area contributed by atoms with Crippen LogP contribution in [0.5, 0.6) is 17.2 Å². The smallest absolute Gasteiger partial charge is 0.160 e. The first-order valence-electron chi connectivity index (χ1n) is 6.90. The second-order valence-corrected chi connectivity index (χ2v) is 5.33. The van der Waals surface area contributed by atoms with E-state index in [1.54, 1.807) is 14.0 Å². The van der Waals surface area contributed by atoms with E-state index in [1.807, 2.05) is 30.3 Å². The lowest BCUT2D eigenvalue weighted by atomic mass is 9.93. The van der Waals surface area contributed by atoms with Gasteiger partial charge in [-0.3, -0.25) is 0 Å². The number of hydrogen-bond donors (Lipinski definition) is 2. The summed E-state index contributed by atoms with van der Waals surface area (Å²) in [6.45, 7) is 1.75. The normalized spacial score (nSPS) is 20.7. The lowest BCUT2D eigenvalue weighted by Crippen LogP contribution is -2.32. The van der Waals surface area contributed by atoms with E-state index in [1.165, 1.54) is 6.07 Å². The molecule has 2 atom stereocenters. The van der Waals surface area contributed by atoms with Gasteiger partial charge < -0.3 is 19.7 Å². The summed E-state index contributed by atoms with van der Waals surface area (Å²) in [5.41, 5.74) is 2.52. The van der Waals surface area contributed by atoms with E-state index in [0.717, 1.165) is 23.3 Å². The molecule has 2 aromatic rings. The number of methoxy groups -OCH3 is 1. The van der Waals surface area contributed by atoms with Crippen molar-refractivity contribution in [2.75, 3.05) is 7.11 Å². The SMILES string of the molecule is COC1Cc2ccccc2OC1c1cc(C)c(O)c(O)c1. The maximum absolute atomic E-state index is 9.82. The summed E-state index contributed by atoms with van der Waals surface area (Å²) >= 11 is 0.